The summed E-state index contributed by atoms with van der Waals surface area (Å²) in [6.07, 6.45) is -5.11. The molecule has 0 unspecified atom stereocenters. The molecule has 0 aliphatic carbocycles. The minimum Gasteiger partial charge on any atom is -0.394 e. The highest BCUT2D eigenvalue weighted by atomic mass is 32.3. The van der Waals surface area contributed by atoms with Crippen molar-refractivity contribution in [3.8, 4) is 0 Å². The Morgan fingerprint density at radius 2 is 1.91 bits per heavy atom. The molecular weight excluding hydrogens is 354 g/mol. The molecule has 1 heterocycles. The van der Waals surface area contributed by atoms with Crippen molar-refractivity contribution in [2.45, 2.75) is 50.1 Å². The molecule has 0 aromatic rings. The van der Waals surface area contributed by atoms with E-state index in [0.717, 1.165) is 11.8 Å². The molecule has 0 aromatic heterocycles. The van der Waals surface area contributed by atoms with Gasteiger partial charge in [0.2, 0.25) is 0 Å². The van der Waals surface area contributed by atoms with Crippen LogP contribution in [0.2, 0.25) is 0 Å². The van der Waals surface area contributed by atoms with Crippen molar-refractivity contribution in [2.24, 2.45) is 11.1 Å². The van der Waals surface area contributed by atoms with Gasteiger partial charge in [0, 0.05) is 5.92 Å². The summed E-state index contributed by atoms with van der Waals surface area (Å²) in [5, 5.41) is 41.9. The van der Waals surface area contributed by atoms with E-state index in [0.29, 0.717) is 6.42 Å². The topological polar surface area (TPSA) is 166 Å². The number of nitrogens with zero attached hydrogens (tertiary/aromatic N) is 1. The van der Waals surface area contributed by atoms with Crippen molar-refractivity contribution in [3.63, 3.8) is 0 Å². The van der Waals surface area contributed by atoms with E-state index < -0.39 is 46.9 Å². The Labute approximate surface area is 138 Å². The molecule has 0 spiro atoms. The monoisotopic (exact) mass is 375 g/mol. The van der Waals surface area contributed by atoms with Crippen LogP contribution in [0.1, 0.15) is 20.3 Å². The van der Waals surface area contributed by atoms with Gasteiger partial charge >= 0.3 is 10.4 Å². The molecule has 0 amide bonds. The average molecular weight is 375 g/mol. The molecule has 0 saturated carbocycles. The van der Waals surface area contributed by atoms with Crippen molar-refractivity contribution >= 4 is 27.2 Å². The Hall–Kier alpha value is -0.470. The van der Waals surface area contributed by atoms with Crippen molar-refractivity contribution in [1.82, 2.24) is 0 Å². The van der Waals surface area contributed by atoms with Gasteiger partial charge in [0.25, 0.3) is 0 Å². The summed E-state index contributed by atoms with van der Waals surface area (Å²) in [5.41, 5.74) is -1.12. The molecule has 0 aromatic carbocycles. The number of aliphatic hydroxyl groups excluding tert-OH is 4. The Balaban J connectivity index is 2.93. The van der Waals surface area contributed by atoms with Crippen LogP contribution in [0, 0.1) is 5.92 Å². The molecule has 1 rings (SSSR count). The molecule has 6 atom stereocenters. The van der Waals surface area contributed by atoms with E-state index in [2.05, 4.69) is 9.44 Å². The predicted molar refractivity (Wildman–Crippen MR) is 80.9 cm³/mol. The van der Waals surface area contributed by atoms with E-state index in [9.17, 15) is 23.7 Å². The second-order valence-electron chi connectivity index (χ2n) is 5.06. The first-order valence-electron chi connectivity index (χ1n) is 6.81. The molecule has 0 bridgehead atoms. The minimum absolute atomic E-state index is 0.0921. The molecule has 5 N–H and O–H groups in total. The van der Waals surface area contributed by atoms with Gasteiger partial charge in [-0.2, -0.15) is 8.42 Å². The van der Waals surface area contributed by atoms with Crippen molar-refractivity contribution in [1.29, 1.82) is 0 Å². The van der Waals surface area contributed by atoms with Crippen molar-refractivity contribution < 1.29 is 42.4 Å². The molecule has 136 valence electrons. The summed E-state index contributed by atoms with van der Waals surface area (Å²) in [6, 6.07) is 0. The van der Waals surface area contributed by atoms with Gasteiger partial charge < -0.3 is 25.2 Å². The maximum Gasteiger partial charge on any atom is 0.466 e. The van der Waals surface area contributed by atoms with Gasteiger partial charge in [-0.3, -0.25) is 4.55 Å². The summed E-state index contributed by atoms with van der Waals surface area (Å²) >= 11 is 0.767. The van der Waals surface area contributed by atoms with Crippen molar-refractivity contribution in [2.75, 3.05) is 6.61 Å². The maximum atomic E-state index is 10.6. The van der Waals surface area contributed by atoms with Gasteiger partial charge in [-0.25, -0.2) is 4.28 Å². The molecule has 12 heteroatoms. The third kappa shape index (κ3) is 5.83. The van der Waals surface area contributed by atoms with E-state index in [1.54, 1.807) is 13.8 Å². The van der Waals surface area contributed by atoms with Crippen LogP contribution in [-0.4, -0.2) is 74.9 Å². The zero-order chi connectivity index (χ0) is 17.8. The lowest BCUT2D eigenvalue weighted by atomic mass is 10.0. The minimum atomic E-state index is -4.78. The number of rotatable bonds is 6. The number of ether oxygens (including phenoxy) is 1. The first-order chi connectivity index (χ1) is 10.6. The van der Waals surface area contributed by atoms with E-state index in [1.165, 1.54) is 0 Å². The smallest absolute Gasteiger partial charge is 0.394 e. The average Bonchev–Trinajstić information content (AvgIpc) is 2.49. The van der Waals surface area contributed by atoms with E-state index in [4.69, 9.17) is 14.4 Å². The van der Waals surface area contributed by atoms with Crippen LogP contribution in [0.15, 0.2) is 5.16 Å². The second-order valence-corrected chi connectivity index (χ2v) is 7.18. The third-order valence-electron chi connectivity index (χ3n) is 3.34. The number of hydrogen-bond acceptors (Lipinski definition) is 10. The van der Waals surface area contributed by atoms with E-state index >= 15 is 0 Å². The first-order valence-corrected chi connectivity index (χ1v) is 9.06. The first kappa shape index (κ1) is 20.6. The number of aliphatic hydroxyl groups is 4. The van der Waals surface area contributed by atoms with E-state index in [-0.39, 0.29) is 11.0 Å². The fraction of sp³-hybridized carbons (Fsp3) is 0.909. The van der Waals surface area contributed by atoms with Crippen LogP contribution in [0.3, 0.4) is 0 Å². The third-order valence-corrected chi connectivity index (χ3v) is 4.94. The maximum absolute atomic E-state index is 10.6. The fourth-order valence-electron chi connectivity index (χ4n) is 1.77. The zero-order valence-corrected chi connectivity index (χ0v) is 14.1. The van der Waals surface area contributed by atoms with Crippen LogP contribution >= 0.6 is 11.8 Å². The Kier molecular flexibility index (Phi) is 7.67. The number of hydrogen-bond donors (Lipinski definition) is 5. The summed E-state index contributed by atoms with van der Waals surface area (Å²) in [5.74, 6) is -0.297. The van der Waals surface area contributed by atoms with Crippen LogP contribution in [0.4, 0.5) is 0 Å². The van der Waals surface area contributed by atoms with Gasteiger partial charge in [0.05, 0.1) is 6.61 Å². The highest BCUT2D eigenvalue weighted by Gasteiger charge is 2.44. The molecule has 1 fully saturated rings. The fourth-order valence-corrected chi connectivity index (χ4v) is 3.21. The van der Waals surface area contributed by atoms with Crippen LogP contribution in [0.25, 0.3) is 0 Å². The summed E-state index contributed by atoms with van der Waals surface area (Å²) in [6.45, 7) is 2.91. The summed E-state index contributed by atoms with van der Waals surface area (Å²) in [7, 11) is -4.78. The largest absolute Gasteiger partial charge is 0.466 e. The van der Waals surface area contributed by atoms with Crippen LogP contribution in [0.5, 0.6) is 0 Å². The lowest BCUT2D eigenvalue weighted by Crippen LogP contribution is -2.57. The van der Waals surface area contributed by atoms with Crippen LogP contribution < -0.4 is 0 Å². The predicted octanol–water partition coefficient (Wildman–Crippen LogP) is -1.30. The zero-order valence-electron chi connectivity index (χ0n) is 12.5. The highest BCUT2D eigenvalue weighted by Crippen LogP contribution is 2.31. The van der Waals surface area contributed by atoms with Gasteiger partial charge in [0.15, 0.2) is 0 Å². The molecule has 23 heavy (non-hydrogen) atoms. The van der Waals surface area contributed by atoms with Gasteiger partial charge in [-0.05, 0) is 6.42 Å². The highest BCUT2D eigenvalue weighted by molar-refractivity contribution is 8.14. The molecule has 1 aliphatic heterocycles. The summed E-state index contributed by atoms with van der Waals surface area (Å²) < 4.78 is 39.1. The normalized spacial score (nSPS) is 34.2. The molecule has 10 nitrogen and oxygen atoms in total. The summed E-state index contributed by atoms with van der Waals surface area (Å²) in [4.78, 5) is 0. The van der Waals surface area contributed by atoms with Gasteiger partial charge in [-0.15, -0.1) is 0 Å². The lowest BCUT2D eigenvalue weighted by Gasteiger charge is -2.39. The van der Waals surface area contributed by atoms with Gasteiger partial charge in [-0.1, -0.05) is 30.8 Å². The number of oxime groups is 1. The molecule has 1 saturated heterocycles. The quantitative estimate of drug-likeness (QED) is 0.163. The Bertz CT molecular complexity index is 510. The Morgan fingerprint density at radius 3 is 2.39 bits per heavy atom. The lowest BCUT2D eigenvalue weighted by molar-refractivity contribution is -0.205. The van der Waals surface area contributed by atoms with Crippen molar-refractivity contribution in [3.05, 3.63) is 0 Å². The second kappa shape index (κ2) is 8.58. The van der Waals surface area contributed by atoms with E-state index in [1.807, 2.05) is 0 Å². The van der Waals surface area contributed by atoms with Gasteiger partial charge in [0.1, 0.15) is 34.9 Å². The SMILES string of the molecule is CC[C@@H](C)/C(=N/OS(=O)(=O)O)S[C@H]1O[C@H](CO)[C@H](O)[C@@H](O)[C@H]1O. The standard InChI is InChI=1S/C11H21NO9S2/c1-3-5(2)10(12-21-23(17,18)19)22-11-9(16)8(15)7(14)6(4-13)20-11/h5-9,11,13-16H,3-4H2,1-2H3,(H,17,18,19)/b12-10-/t5-,6-,7+,8-,9-,11-/m1/s1. The number of thioether (sulfide) groups is 1. The molecule has 1 aliphatic rings. The van der Waals surface area contributed by atoms with Crippen LogP contribution in [-0.2, 0) is 19.4 Å². The molecular formula is C11H21NO9S2. The molecule has 0 radical (unpaired) electrons. The Morgan fingerprint density at radius 1 is 1.30 bits per heavy atom.